The third kappa shape index (κ3) is 25.2. The van der Waals surface area contributed by atoms with Gasteiger partial charge in [0.1, 0.15) is 73.2 Å². The number of ether oxygens (including phenoxy) is 6. The van der Waals surface area contributed by atoms with Crippen molar-refractivity contribution in [1.82, 2.24) is 5.32 Å². The van der Waals surface area contributed by atoms with Crippen LogP contribution in [-0.2, 0) is 33.2 Å². The van der Waals surface area contributed by atoms with Crippen molar-refractivity contribution in [2.75, 3.05) is 26.4 Å². The predicted molar refractivity (Wildman–Crippen MR) is 286 cm³/mol. The van der Waals surface area contributed by atoms with Crippen LogP contribution in [0.2, 0.25) is 0 Å². The summed E-state index contributed by atoms with van der Waals surface area (Å²) in [7, 11) is 0. The molecule has 3 heterocycles. The van der Waals surface area contributed by atoms with E-state index in [1.807, 2.05) is 6.08 Å². The minimum Gasteiger partial charge on any atom is -0.394 e. The molecule has 19 heteroatoms. The van der Waals surface area contributed by atoms with Crippen molar-refractivity contribution in [2.45, 2.75) is 291 Å². The van der Waals surface area contributed by atoms with Gasteiger partial charge in [0.05, 0.1) is 38.6 Å². The second kappa shape index (κ2) is 41.1. The highest BCUT2D eigenvalue weighted by Gasteiger charge is 2.53. The van der Waals surface area contributed by atoms with E-state index in [9.17, 15) is 61.0 Å². The van der Waals surface area contributed by atoms with Gasteiger partial charge in [-0.05, 0) is 44.9 Å². The highest BCUT2D eigenvalue weighted by Crippen LogP contribution is 2.33. The van der Waals surface area contributed by atoms with E-state index in [0.717, 1.165) is 51.4 Å². The van der Waals surface area contributed by atoms with Gasteiger partial charge in [-0.1, -0.05) is 172 Å². The molecule has 1 amide bonds. The molecule has 0 aliphatic carbocycles. The zero-order valence-electron chi connectivity index (χ0n) is 46.0. The number of hydrogen-bond acceptors (Lipinski definition) is 18. The number of unbranched alkanes of at least 4 members (excludes halogenated alkanes) is 22. The molecule has 3 aliphatic rings. The van der Waals surface area contributed by atoms with Crippen LogP contribution in [0.15, 0.2) is 36.5 Å². The molecule has 0 aromatic heterocycles. The van der Waals surface area contributed by atoms with E-state index in [4.69, 9.17) is 28.4 Å². The fourth-order valence-corrected chi connectivity index (χ4v) is 9.81. The predicted octanol–water partition coefficient (Wildman–Crippen LogP) is 4.54. The molecule has 0 spiro atoms. The van der Waals surface area contributed by atoms with Gasteiger partial charge in [-0.15, -0.1) is 0 Å². The van der Waals surface area contributed by atoms with Crippen LogP contribution in [0.3, 0.4) is 0 Å². The zero-order valence-corrected chi connectivity index (χ0v) is 46.0. The summed E-state index contributed by atoms with van der Waals surface area (Å²) in [4.78, 5) is 13.1. The molecule has 0 aromatic carbocycles. The zero-order chi connectivity index (χ0) is 55.5. The van der Waals surface area contributed by atoms with Crippen molar-refractivity contribution >= 4 is 5.91 Å². The fourth-order valence-electron chi connectivity index (χ4n) is 9.81. The molecule has 3 fully saturated rings. The molecule has 0 saturated carbocycles. The van der Waals surface area contributed by atoms with Crippen molar-refractivity contribution < 1.29 is 89.4 Å². The monoisotopic (exact) mass is 1090 g/mol. The number of carbonyl (C=O) groups excluding carboxylic acids is 1. The molecule has 0 radical (unpaired) electrons. The molecule has 444 valence electrons. The maximum absolute atomic E-state index is 13.1. The number of amides is 1. The SMILES string of the molecule is CCCCCCCCCCCCCCCCCC/C=C/CC/C=C/CC/C=C/C(O)C(COC1OC(CO)C(OC2OC(CO)C(OC3OC(CO)C(O)C(O)C3O)C(O)C2O)C(O)C1O)NC(=O)CCCCCCC. The Kier molecular flexibility index (Phi) is 36.9. The maximum Gasteiger partial charge on any atom is 0.220 e. The van der Waals surface area contributed by atoms with Crippen molar-refractivity contribution in [1.29, 1.82) is 0 Å². The molecule has 3 rings (SSSR count). The van der Waals surface area contributed by atoms with E-state index in [0.29, 0.717) is 12.8 Å². The molecule has 19 nitrogen and oxygen atoms in total. The lowest BCUT2D eigenvalue weighted by Crippen LogP contribution is -2.66. The standard InChI is InChI=1S/C57H103NO18/c1-3-5-7-9-10-11-12-13-14-15-16-17-18-19-20-21-22-23-24-25-26-27-28-29-31-32-34-41(62)40(58-45(63)35-33-30-8-6-4-2)39-71-55-51(69)48(66)53(43(37-60)73-55)76-57-52(70)49(67)54(44(38-61)74-57)75-56-50(68)47(65)46(64)42(36-59)72-56/h23-24,27-28,32,34,40-44,46-57,59-62,64-70H,3-22,25-26,29-31,33,35-39H2,1-2H3,(H,58,63)/b24-23+,28-27+,34-32+. The number of allylic oxidation sites excluding steroid dienone is 5. The highest BCUT2D eigenvalue weighted by atomic mass is 16.8. The quantitative estimate of drug-likeness (QED) is 0.0295. The largest absolute Gasteiger partial charge is 0.394 e. The molecular formula is C57H103NO18. The Balaban J connectivity index is 1.42. The van der Waals surface area contributed by atoms with Crippen molar-refractivity contribution in [2.24, 2.45) is 0 Å². The number of rotatable bonds is 42. The topological polar surface area (TPSA) is 307 Å². The van der Waals surface area contributed by atoms with Crippen LogP contribution >= 0.6 is 0 Å². The van der Waals surface area contributed by atoms with E-state index in [1.165, 1.54) is 103 Å². The minimum atomic E-state index is -1.98. The molecule has 12 N–H and O–H groups in total. The second-order valence-corrected chi connectivity index (χ2v) is 21.1. The van der Waals surface area contributed by atoms with Gasteiger partial charge < -0.3 is 89.9 Å². The summed E-state index contributed by atoms with van der Waals surface area (Å²) >= 11 is 0. The second-order valence-electron chi connectivity index (χ2n) is 21.1. The lowest BCUT2D eigenvalue weighted by atomic mass is 9.96. The Hall–Kier alpha value is -1.99. The molecule has 17 unspecified atom stereocenters. The smallest absolute Gasteiger partial charge is 0.220 e. The average Bonchev–Trinajstić information content (AvgIpc) is 3.42. The van der Waals surface area contributed by atoms with Gasteiger partial charge in [0.15, 0.2) is 18.9 Å². The first-order valence-corrected chi connectivity index (χ1v) is 29.2. The number of aliphatic hydroxyl groups excluding tert-OH is 11. The lowest BCUT2D eigenvalue weighted by Gasteiger charge is -2.48. The number of hydrogen-bond donors (Lipinski definition) is 12. The summed E-state index contributed by atoms with van der Waals surface area (Å²) in [5, 5.41) is 119. The van der Waals surface area contributed by atoms with Gasteiger partial charge in [0, 0.05) is 6.42 Å². The first-order chi connectivity index (χ1) is 36.8. The Morgan fingerprint density at radius 1 is 0.461 bits per heavy atom. The van der Waals surface area contributed by atoms with Crippen molar-refractivity contribution in [3.8, 4) is 0 Å². The molecule has 0 bridgehead atoms. The Bertz CT molecular complexity index is 1540. The van der Waals surface area contributed by atoms with Crippen LogP contribution in [0.5, 0.6) is 0 Å². The van der Waals surface area contributed by atoms with Gasteiger partial charge in [0.2, 0.25) is 5.91 Å². The minimum absolute atomic E-state index is 0.227. The van der Waals surface area contributed by atoms with Crippen LogP contribution < -0.4 is 5.32 Å². The molecule has 3 aliphatic heterocycles. The molecule has 3 saturated heterocycles. The Labute approximate surface area is 453 Å². The first kappa shape index (κ1) is 68.3. The molecular weight excluding hydrogens is 987 g/mol. The van der Waals surface area contributed by atoms with Gasteiger partial charge in [-0.25, -0.2) is 0 Å². The van der Waals surface area contributed by atoms with E-state index < -0.39 is 124 Å². The number of aliphatic hydroxyl groups is 11. The Morgan fingerprint density at radius 2 is 0.842 bits per heavy atom. The summed E-state index contributed by atoms with van der Waals surface area (Å²) in [6.45, 7) is 1.57. The molecule has 76 heavy (non-hydrogen) atoms. The third-order valence-corrected chi connectivity index (χ3v) is 14.7. The van der Waals surface area contributed by atoms with Gasteiger partial charge in [-0.3, -0.25) is 4.79 Å². The Morgan fingerprint density at radius 3 is 1.32 bits per heavy atom. The fraction of sp³-hybridized carbons (Fsp3) is 0.877. The van der Waals surface area contributed by atoms with Gasteiger partial charge in [0.25, 0.3) is 0 Å². The van der Waals surface area contributed by atoms with E-state index in [2.05, 4.69) is 43.5 Å². The van der Waals surface area contributed by atoms with Gasteiger partial charge >= 0.3 is 0 Å². The summed E-state index contributed by atoms with van der Waals surface area (Å²) in [6.07, 6.45) is 16.5. The normalized spacial score (nSPS) is 31.2. The average molecular weight is 1090 g/mol. The van der Waals surface area contributed by atoms with Crippen LogP contribution in [0.25, 0.3) is 0 Å². The highest BCUT2D eigenvalue weighted by molar-refractivity contribution is 5.76. The first-order valence-electron chi connectivity index (χ1n) is 29.2. The van der Waals surface area contributed by atoms with E-state index in [1.54, 1.807) is 6.08 Å². The summed E-state index contributed by atoms with van der Waals surface area (Å²) in [5.74, 6) is -0.304. The van der Waals surface area contributed by atoms with Crippen LogP contribution in [0.4, 0.5) is 0 Å². The summed E-state index contributed by atoms with van der Waals surface area (Å²) in [5.41, 5.74) is 0. The maximum atomic E-state index is 13.1. The number of carbonyl (C=O) groups is 1. The summed E-state index contributed by atoms with van der Waals surface area (Å²) in [6, 6.07) is -0.990. The van der Waals surface area contributed by atoms with Crippen LogP contribution in [0, 0.1) is 0 Å². The molecule has 0 aromatic rings. The van der Waals surface area contributed by atoms with E-state index >= 15 is 0 Å². The van der Waals surface area contributed by atoms with E-state index in [-0.39, 0.29) is 18.9 Å². The molecule has 17 atom stereocenters. The van der Waals surface area contributed by atoms with Crippen LogP contribution in [-0.4, -0.2) is 193 Å². The summed E-state index contributed by atoms with van der Waals surface area (Å²) < 4.78 is 34.0. The van der Waals surface area contributed by atoms with Crippen molar-refractivity contribution in [3.63, 3.8) is 0 Å². The lowest BCUT2D eigenvalue weighted by molar-refractivity contribution is -0.379. The van der Waals surface area contributed by atoms with Gasteiger partial charge in [-0.2, -0.15) is 0 Å². The number of nitrogens with one attached hydrogen (secondary N) is 1. The third-order valence-electron chi connectivity index (χ3n) is 14.7. The van der Waals surface area contributed by atoms with Crippen molar-refractivity contribution in [3.05, 3.63) is 36.5 Å². The van der Waals surface area contributed by atoms with Crippen LogP contribution in [0.1, 0.15) is 187 Å².